The van der Waals surface area contributed by atoms with Crippen LogP contribution in [-0.2, 0) is 22.6 Å². The molecule has 1 aromatic rings. The third kappa shape index (κ3) is 4.22. The van der Waals surface area contributed by atoms with E-state index in [1.165, 1.54) is 0 Å². The summed E-state index contributed by atoms with van der Waals surface area (Å²) in [6.07, 6.45) is 0. The largest absolute Gasteiger partial charge is 0.380 e. The van der Waals surface area contributed by atoms with Crippen molar-refractivity contribution in [1.82, 2.24) is 4.90 Å². The zero-order chi connectivity index (χ0) is 13.5. The summed E-state index contributed by atoms with van der Waals surface area (Å²) in [7, 11) is 1.70. The molecule has 0 bridgehead atoms. The minimum atomic E-state index is 0.601. The van der Waals surface area contributed by atoms with Gasteiger partial charge in [0.05, 0.1) is 26.4 Å². The Balaban J connectivity index is 1.89. The summed E-state index contributed by atoms with van der Waals surface area (Å²) in [6, 6.07) is 8.23. The van der Waals surface area contributed by atoms with Crippen LogP contribution in [0.3, 0.4) is 0 Å². The fraction of sp³-hybridized carbons (Fsp3) is 0.500. The van der Waals surface area contributed by atoms with Crippen LogP contribution in [0.1, 0.15) is 11.1 Å². The standard InChI is InChI=1S/C14H21N3O2/c1-18-11-13-4-2-12(3-5-13)10-16-14(15)17-6-8-19-9-7-17/h2-5H,6-11H2,1H3,(H2,15,16). The van der Waals surface area contributed by atoms with Gasteiger partial charge in [-0.2, -0.15) is 0 Å². The number of nitrogens with zero attached hydrogens (tertiary/aromatic N) is 2. The number of hydrogen-bond donors (Lipinski definition) is 1. The summed E-state index contributed by atoms with van der Waals surface area (Å²) in [6.45, 7) is 4.34. The fourth-order valence-electron chi connectivity index (χ4n) is 1.97. The normalized spacial score (nSPS) is 16.7. The van der Waals surface area contributed by atoms with Gasteiger partial charge in [0.25, 0.3) is 0 Å². The van der Waals surface area contributed by atoms with Crippen molar-refractivity contribution in [3.05, 3.63) is 35.4 Å². The number of nitrogens with two attached hydrogens (primary N) is 1. The first-order chi connectivity index (χ1) is 9.29. The molecule has 1 heterocycles. The third-order valence-electron chi connectivity index (χ3n) is 3.09. The van der Waals surface area contributed by atoms with E-state index >= 15 is 0 Å². The van der Waals surface area contributed by atoms with Gasteiger partial charge in [-0.1, -0.05) is 24.3 Å². The molecule has 0 atom stereocenters. The molecule has 0 saturated carbocycles. The van der Waals surface area contributed by atoms with Crippen molar-refractivity contribution in [3.8, 4) is 0 Å². The van der Waals surface area contributed by atoms with Crippen molar-refractivity contribution in [2.45, 2.75) is 13.2 Å². The van der Waals surface area contributed by atoms with E-state index in [4.69, 9.17) is 15.2 Å². The molecule has 2 rings (SSSR count). The summed E-state index contributed by atoms with van der Waals surface area (Å²) in [5.41, 5.74) is 8.29. The number of guanidine groups is 1. The quantitative estimate of drug-likeness (QED) is 0.650. The van der Waals surface area contributed by atoms with E-state index in [-0.39, 0.29) is 0 Å². The van der Waals surface area contributed by atoms with Gasteiger partial charge in [0.2, 0.25) is 0 Å². The smallest absolute Gasteiger partial charge is 0.191 e. The molecule has 0 radical (unpaired) electrons. The maximum absolute atomic E-state index is 5.97. The molecule has 0 aromatic heterocycles. The van der Waals surface area contributed by atoms with E-state index in [0.717, 1.165) is 37.4 Å². The average molecular weight is 263 g/mol. The Morgan fingerprint density at radius 2 is 1.89 bits per heavy atom. The van der Waals surface area contributed by atoms with E-state index in [2.05, 4.69) is 34.2 Å². The molecule has 5 nitrogen and oxygen atoms in total. The average Bonchev–Trinajstić information content (AvgIpc) is 2.47. The number of rotatable bonds is 4. The number of benzene rings is 1. The second kappa shape index (κ2) is 7.11. The molecule has 1 aromatic carbocycles. The molecular weight excluding hydrogens is 242 g/mol. The lowest BCUT2D eigenvalue weighted by atomic mass is 10.1. The first-order valence-electron chi connectivity index (χ1n) is 6.49. The zero-order valence-electron chi connectivity index (χ0n) is 11.3. The van der Waals surface area contributed by atoms with E-state index in [1.807, 2.05) is 0 Å². The third-order valence-corrected chi connectivity index (χ3v) is 3.09. The highest BCUT2D eigenvalue weighted by molar-refractivity contribution is 5.78. The summed E-state index contributed by atoms with van der Waals surface area (Å²) >= 11 is 0. The second-order valence-corrected chi connectivity index (χ2v) is 4.52. The molecule has 0 aliphatic carbocycles. The molecule has 0 amide bonds. The maximum atomic E-state index is 5.97. The van der Waals surface area contributed by atoms with Crippen LogP contribution < -0.4 is 5.73 Å². The van der Waals surface area contributed by atoms with E-state index in [0.29, 0.717) is 19.1 Å². The second-order valence-electron chi connectivity index (χ2n) is 4.52. The molecule has 1 saturated heterocycles. The molecule has 1 fully saturated rings. The lowest BCUT2D eigenvalue weighted by molar-refractivity contribution is 0.0674. The Hall–Kier alpha value is -1.59. The van der Waals surface area contributed by atoms with Gasteiger partial charge in [-0.25, -0.2) is 4.99 Å². The van der Waals surface area contributed by atoms with Gasteiger partial charge in [-0.3, -0.25) is 0 Å². The van der Waals surface area contributed by atoms with Crippen LogP contribution >= 0.6 is 0 Å². The van der Waals surface area contributed by atoms with Crippen LogP contribution in [0.15, 0.2) is 29.3 Å². The Bertz CT molecular complexity index is 411. The molecule has 0 spiro atoms. The molecule has 1 aliphatic heterocycles. The Labute approximate surface area is 114 Å². The maximum Gasteiger partial charge on any atom is 0.191 e. The fourth-order valence-corrected chi connectivity index (χ4v) is 1.97. The zero-order valence-corrected chi connectivity index (χ0v) is 11.3. The van der Waals surface area contributed by atoms with E-state index in [9.17, 15) is 0 Å². The van der Waals surface area contributed by atoms with Crippen LogP contribution in [0.2, 0.25) is 0 Å². The van der Waals surface area contributed by atoms with Crippen LogP contribution in [-0.4, -0.2) is 44.3 Å². The molecule has 0 unspecified atom stereocenters. The first kappa shape index (κ1) is 13.8. The van der Waals surface area contributed by atoms with Crippen LogP contribution in [0.25, 0.3) is 0 Å². The van der Waals surface area contributed by atoms with Gasteiger partial charge in [0.15, 0.2) is 5.96 Å². The van der Waals surface area contributed by atoms with Crippen LogP contribution in [0.5, 0.6) is 0 Å². The van der Waals surface area contributed by atoms with Crippen molar-refractivity contribution in [3.63, 3.8) is 0 Å². The lowest BCUT2D eigenvalue weighted by Crippen LogP contribution is -2.44. The molecule has 19 heavy (non-hydrogen) atoms. The first-order valence-corrected chi connectivity index (χ1v) is 6.49. The van der Waals surface area contributed by atoms with Gasteiger partial charge in [0.1, 0.15) is 0 Å². The van der Waals surface area contributed by atoms with E-state index in [1.54, 1.807) is 7.11 Å². The monoisotopic (exact) mass is 263 g/mol. The van der Waals surface area contributed by atoms with Gasteiger partial charge >= 0.3 is 0 Å². The van der Waals surface area contributed by atoms with E-state index < -0.39 is 0 Å². The predicted molar refractivity (Wildman–Crippen MR) is 74.9 cm³/mol. The van der Waals surface area contributed by atoms with Crippen LogP contribution in [0, 0.1) is 0 Å². The highest BCUT2D eigenvalue weighted by atomic mass is 16.5. The molecule has 104 valence electrons. The molecule has 2 N–H and O–H groups in total. The topological polar surface area (TPSA) is 60.1 Å². The Kier molecular flexibility index (Phi) is 5.18. The molecule has 5 heteroatoms. The summed E-state index contributed by atoms with van der Waals surface area (Å²) < 4.78 is 10.4. The van der Waals surface area contributed by atoms with Crippen molar-refractivity contribution in [1.29, 1.82) is 0 Å². The number of hydrogen-bond acceptors (Lipinski definition) is 3. The minimum Gasteiger partial charge on any atom is -0.380 e. The van der Waals surface area contributed by atoms with Crippen LogP contribution in [0.4, 0.5) is 0 Å². The number of ether oxygens (including phenoxy) is 2. The number of methoxy groups -OCH3 is 1. The lowest BCUT2D eigenvalue weighted by Gasteiger charge is -2.27. The minimum absolute atomic E-state index is 0.601. The predicted octanol–water partition coefficient (Wildman–Crippen LogP) is 0.980. The SMILES string of the molecule is COCc1ccc(CN=C(N)N2CCOCC2)cc1. The van der Waals surface area contributed by atoms with Gasteiger partial charge in [-0.15, -0.1) is 0 Å². The molecular formula is C14H21N3O2. The van der Waals surface area contributed by atoms with Crippen molar-refractivity contribution >= 4 is 5.96 Å². The summed E-state index contributed by atoms with van der Waals surface area (Å²) in [4.78, 5) is 6.49. The summed E-state index contributed by atoms with van der Waals surface area (Å²) in [5, 5.41) is 0. The van der Waals surface area contributed by atoms with Gasteiger partial charge in [-0.05, 0) is 11.1 Å². The Morgan fingerprint density at radius 3 is 2.53 bits per heavy atom. The molecule has 1 aliphatic rings. The highest BCUT2D eigenvalue weighted by Crippen LogP contribution is 2.07. The number of morpholine rings is 1. The van der Waals surface area contributed by atoms with Crippen molar-refractivity contribution in [2.24, 2.45) is 10.7 Å². The number of aliphatic imine (C=N–C) groups is 1. The highest BCUT2D eigenvalue weighted by Gasteiger charge is 2.11. The van der Waals surface area contributed by atoms with Crippen molar-refractivity contribution < 1.29 is 9.47 Å². The summed E-state index contributed by atoms with van der Waals surface area (Å²) in [5.74, 6) is 0.601. The van der Waals surface area contributed by atoms with Crippen molar-refractivity contribution in [2.75, 3.05) is 33.4 Å². The van der Waals surface area contributed by atoms with Gasteiger partial charge in [0, 0.05) is 20.2 Å². The van der Waals surface area contributed by atoms with Gasteiger partial charge < -0.3 is 20.1 Å². The Morgan fingerprint density at radius 1 is 1.26 bits per heavy atom.